The molecule has 0 bridgehead atoms. The van der Waals surface area contributed by atoms with Crippen LogP contribution in [0.15, 0.2) is 30.3 Å². The summed E-state index contributed by atoms with van der Waals surface area (Å²) in [5, 5.41) is 3.41. The lowest BCUT2D eigenvalue weighted by atomic mass is 10.1. The normalized spacial score (nSPS) is 10.8. The van der Waals surface area contributed by atoms with Crippen molar-refractivity contribution in [3.63, 3.8) is 0 Å². The van der Waals surface area contributed by atoms with E-state index in [1.54, 1.807) is 0 Å². The topological polar surface area (TPSA) is 38.3 Å². The van der Waals surface area contributed by atoms with Crippen LogP contribution in [0.1, 0.15) is 45.6 Å². The maximum atomic E-state index is 11.7. The average Bonchev–Trinajstić information content (AvgIpc) is 2.44. The Morgan fingerprint density at radius 3 is 2.52 bits per heavy atom. The van der Waals surface area contributed by atoms with Gasteiger partial charge in [0.25, 0.3) is 0 Å². The molecule has 0 amide bonds. The Morgan fingerprint density at radius 2 is 1.90 bits per heavy atom. The lowest BCUT2D eigenvalue weighted by Gasteiger charge is -2.25. The van der Waals surface area contributed by atoms with E-state index in [1.807, 2.05) is 30.3 Å². The van der Waals surface area contributed by atoms with E-state index >= 15 is 0 Å². The molecule has 120 valence electrons. The van der Waals surface area contributed by atoms with Crippen LogP contribution >= 0.6 is 12.4 Å². The second kappa shape index (κ2) is 10.6. The number of hydrogen-bond donors (Lipinski definition) is 1. The summed E-state index contributed by atoms with van der Waals surface area (Å²) in [5.74, 6) is -0.126. The zero-order chi connectivity index (χ0) is 14.8. The van der Waals surface area contributed by atoms with Crippen molar-refractivity contribution in [2.45, 2.75) is 52.0 Å². The van der Waals surface area contributed by atoms with Gasteiger partial charge >= 0.3 is 5.97 Å². The van der Waals surface area contributed by atoms with Crippen LogP contribution in [-0.2, 0) is 16.0 Å². The molecule has 1 rings (SSSR count). The van der Waals surface area contributed by atoms with Crippen LogP contribution in [0.4, 0.5) is 0 Å². The van der Waals surface area contributed by atoms with Gasteiger partial charge in [0.1, 0.15) is 6.61 Å². The van der Waals surface area contributed by atoms with Crippen molar-refractivity contribution < 1.29 is 9.53 Å². The Bertz CT molecular complexity index is 393. The zero-order valence-corrected chi connectivity index (χ0v) is 14.2. The van der Waals surface area contributed by atoms with Gasteiger partial charge in [0.2, 0.25) is 0 Å². The molecule has 3 nitrogen and oxygen atoms in total. The average molecular weight is 314 g/mol. The van der Waals surface area contributed by atoms with Gasteiger partial charge in [-0.15, -0.1) is 12.4 Å². The number of carbonyl (C=O) groups is 1. The number of ether oxygens (including phenoxy) is 1. The van der Waals surface area contributed by atoms with Crippen LogP contribution in [0.25, 0.3) is 0 Å². The molecular formula is C17H28ClNO2. The summed E-state index contributed by atoms with van der Waals surface area (Å²) in [6.07, 6.45) is 3.49. The van der Waals surface area contributed by atoms with E-state index in [-0.39, 0.29) is 23.9 Å². The minimum Gasteiger partial charge on any atom is -0.464 e. The number of benzene rings is 1. The number of rotatable bonds is 9. The highest BCUT2D eigenvalue weighted by Gasteiger charge is 2.18. The fraction of sp³-hybridized carbons (Fsp3) is 0.588. The summed E-state index contributed by atoms with van der Waals surface area (Å²) >= 11 is 0. The van der Waals surface area contributed by atoms with Crippen molar-refractivity contribution in [1.82, 2.24) is 5.32 Å². The Balaban J connectivity index is 0.00000400. The largest absolute Gasteiger partial charge is 0.464 e. The second-order valence-corrected chi connectivity index (χ2v) is 5.81. The molecule has 0 saturated heterocycles. The molecule has 4 heteroatoms. The second-order valence-electron chi connectivity index (χ2n) is 5.81. The molecule has 0 aromatic heterocycles. The molecule has 1 aromatic carbocycles. The van der Waals surface area contributed by atoms with Crippen molar-refractivity contribution in [2.75, 3.05) is 13.2 Å². The highest BCUT2D eigenvalue weighted by molar-refractivity contribution is 5.85. The van der Waals surface area contributed by atoms with E-state index in [1.165, 1.54) is 12.0 Å². The van der Waals surface area contributed by atoms with Crippen molar-refractivity contribution in [3.05, 3.63) is 35.9 Å². The van der Waals surface area contributed by atoms with Gasteiger partial charge in [0.15, 0.2) is 0 Å². The number of carbonyl (C=O) groups excluding carboxylic acids is 1. The van der Waals surface area contributed by atoms with Crippen molar-refractivity contribution in [2.24, 2.45) is 0 Å². The third-order valence-corrected chi connectivity index (χ3v) is 3.19. The summed E-state index contributed by atoms with van der Waals surface area (Å²) in [7, 11) is 0. The predicted molar refractivity (Wildman–Crippen MR) is 90.0 cm³/mol. The first-order valence-corrected chi connectivity index (χ1v) is 7.48. The number of halogens is 1. The predicted octanol–water partition coefficient (Wildman–Crippen LogP) is 3.75. The Hall–Kier alpha value is -1.06. The van der Waals surface area contributed by atoms with Gasteiger partial charge < -0.3 is 10.1 Å². The molecule has 0 aliphatic heterocycles. The van der Waals surface area contributed by atoms with E-state index in [9.17, 15) is 4.79 Å². The van der Waals surface area contributed by atoms with Crippen molar-refractivity contribution >= 4 is 18.4 Å². The van der Waals surface area contributed by atoms with Gasteiger partial charge in [-0.25, -0.2) is 0 Å². The van der Waals surface area contributed by atoms with Gasteiger partial charge in [-0.05, 0) is 38.8 Å². The SMILES string of the molecule is CCCCNC(C)(C)COC(=O)CCc1ccccc1.Cl. The molecule has 0 saturated carbocycles. The summed E-state index contributed by atoms with van der Waals surface area (Å²) in [6.45, 7) is 7.67. The minimum absolute atomic E-state index is 0. The number of aryl methyl sites for hydroxylation is 1. The fourth-order valence-corrected chi connectivity index (χ4v) is 1.88. The highest BCUT2D eigenvalue weighted by atomic mass is 35.5. The van der Waals surface area contributed by atoms with E-state index in [0.29, 0.717) is 13.0 Å². The Labute approximate surface area is 134 Å². The van der Waals surface area contributed by atoms with E-state index in [0.717, 1.165) is 19.4 Å². The molecule has 0 atom stereocenters. The van der Waals surface area contributed by atoms with Gasteiger partial charge in [-0.1, -0.05) is 43.7 Å². The molecule has 1 aromatic rings. The van der Waals surface area contributed by atoms with Crippen LogP contribution in [0.3, 0.4) is 0 Å². The van der Waals surface area contributed by atoms with Gasteiger partial charge in [-0.3, -0.25) is 4.79 Å². The monoisotopic (exact) mass is 313 g/mol. The van der Waals surface area contributed by atoms with Crippen molar-refractivity contribution in [1.29, 1.82) is 0 Å². The molecule has 0 aliphatic carbocycles. The van der Waals surface area contributed by atoms with Crippen LogP contribution in [0, 0.1) is 0 Å². The molecule has 0 radical (unpaired) electrons. The third-order valence-electron chi connectivity index (χ3n) is 3.19. The number of esters is 1. The Kier molecular flexibility index (Phi) is 10.1. The van der Waals surface area contributed by atoms with Crippen LogP contribution < -0.4 is 5.32 Å². The smallest absolute Gasteiger partial charge is 0.306 e. The number of hydrogen-bond acceptors (Lipinski definition) is 3. The zero-order valence-electron chi connectivity index (χ0n) is 13.4. The fourth-order valence-electron chi connectivity index (χ4n) is 1.88. The summed E-state index contributed by atoms with van der Waals surface area (Å²) < 4.78 is 5.36. The maximum absolute atomic E-state index is 11.7. The minimum atomic E-state index is -0.155. The summed E-state index contributed by atoms with van der Waals surface area (Å²) in [5.41, 5.74) is 1.02. The number of nitrogens with one attached hydrogen (secondary N) is 1. The van der Waals surface area contributed by atoms with Gasteiger partial charge in [-0.2, -0.15) is 0 Å². The molecule has 0 fully saturated rings. The van der Waals surface area contributed by atoms with Crippen LogP contribution in [-0.4, -0.2) is 24.7 Å². The maximum Gasteiger partial charge on any atom is 0.306 e. The molecule has 1 N–H and O–H groups in total. The third kappa shape index (κ3) is 9.48. The molecule has 21 heavy (non-hydrogen) atoms. The lowest BCUT2D eigenvalue weighted by molar-refractivity contribution is -0.145. The van der Waals surface area contributed by atoms with E-state index in [4.69, 9.17) is 4.74 Å². The first kappa shape index (κ1) is 19.9. The molecule has 0 unspecified atom stereocenters. The van der Waals surface area contributed by atoms with E-state index in [2.05, 4.69) is 26.1 Å². The summed E-state index contributed by atoms with van der Waals surface area (Å²) in [4.78, 5) is 11.7. The first-order chi connectivity index (χ1) is 9.53. The molecular weight excluding hydrogens is 286 g/mol. The first-order valence-electron chi connectivity index (χ1n) is 7.48. The lowest BCUT2D eigenvalue weighted by Crippen LogP contribution is -2.44. The van der Waals surface area contributed by atoms with Gasteiger partial charge in [0, 0.05) is 12.0 Å². The van der Waals surface area contributed by atoms with Crippen molar-refractivity contribution in [3.8, 4) is 0 Å². The van der Waals surface area contributed by atoms with Crippen LogP contribution in [0.5, 0.6) is 0 Å². The highest BCUT2D eigenvalue weighted by Crippen LogP contribution is 2.07. The molecule has 0 spiro atoms. The summed E-state index contributed by atoms with van der Waals surface area (Å²) in [6, 6.07) is 10.0. The molecule has 0 aliphatic rings. The standard InChI is InChI=1S/C17H27NO2.ClH/c1-4-5-13-18-17(2,3)14-20-16(19)12-11-15-9-7-6-8-10-15;/h6-10,18H,4-5,11-14H2,1-3H3;1H. The Morgan fingerprint density at radius 1 is 1.24 bits per heavy atom. The quantitative estimate of drug-likeness (QED) is 0.557. The van der Waals surface area contributed by atoms with Gasteiger partial charge in [0.05, 0.1) is 0 Å². The van der Waals surface area contributed by atoms with Crippen LogP contribution in [0.2, 0.25) is 0 Å². The number of unbranched alkanes of at least 4 members (excludes halogenated alkanes) is 1. The molecule has 0 heterocycles. The van der Waals surface area contributed by atoms with E-state index < -0.39 is 0 Å².